The number of H-pyrrole nitrogens is 1. The molecule has 2 heterocycles. The van der Waals surface area contributed by atoms with E-state index in [1.165, 1.54) is 24.7 Å². The molecule has 114 valence electrons. The molecule has 2 aromatic heterocycles. The molecule has 0 aliphatic rings. The first-order valence-corrected chi connectivity index (χ1v) is 8.14. The standard InChI is InChI=1S/C12H18N6O2S/c1-2-5-13-12-8-10(3-6-14-12)21(19,20)17-7-4-11-15-9-16-18-11/h3,6,8-9,17H,2,4-5,7H2,1H3,(H,13,14)(H,15,16,18). The van der Waals surface area contributed by atoms with E-state index in [0.29, 0.717) is 18.1 Å². The Morgan fingerprint density at radius 2 is 2.14 bits per heavy atom. The summed E-state index contributed by atoms with van der Waals surface area (Å²) >= 11 is 0. The smallest absolute Gasteiger partial charge is 0.240 e. The summed E-state index contributed by atoms with van der Waals surface area (Å²) in [6.45, 7) is 3.02. The largest absolute Gasteiger partial charge is 0.370 e. The number of rotatable bonds is 8. The zero-order valence-electron chi connectivity index (χ0n) is 11.7. The summed E-state index contributed by atoms with van der Waals surface area (Å²) in [5.74, 6) is 1.19. The highest BCUT2D eigenvalue weighted by atomic mass is 32.2. The Labute approximate surface area is 123 Å². The van der Waals surface area contributed by atoms with Crippen LogP contribution in [0.1, 0.15) is 19.2 Å². The van der Waals surface area contributed by atoms with Crippen molar-refractivity contribution in [3.05, 3.63) is 30.5 Å². The number of nitrogens with zero attached hydrogens (tertiary/aromatic N) is 3. The molecule has 0 aromatic carbocycles. The van der Waals surface area contributed by atoms with Gasteiger partial charge in [0, 0.05) is 31.8 Å². The van der Waals surface area contributed by atoms with Gasteiger partial charge in [0.25, 0.3) is 0 Å². The summed E-state index contributed by atoms with van der Waals surface area (Å²) < 4.78 is 26.9. The van der Waals surface area contributed by atoms with Gasteiger partial charge in [0.1, 0.15) is 18.0 Å². The van der Waals surface area contributed by atoms with E-state index >= 15 is 0 Å². The van der Waals surface area contributed by atoms with Gasteiger partial charge in [-0.2, -0.15) is 5.10 Å². The number of anilines is 1. The van der Waals surface area contributed by atoms with Gasteiger partial charge >= 0.3 is 0 Å². The molecular weight excluding hydrogens is 292 g/mol. The topological polar surface area (TPSA) is 113 Å². The summed E-state index contributed by atoms with van der Waals surface area (Å²) in [6.07, 6.45) is 4.25. The molecule has 0 amide bonds. The van der Waals surface area contributed by atoms with Crippen molar-refractivity contribution in [2.45, 2.75) is 24.7 Å². The summed E-state index contributed by atoms with van der Waals surface area (Å²) in [5.41, 5.74) is 0. The van der Waals surface area contributed by atoms with Crippen LogP contribution in [0.5, 0.6) is 0 Å². The van der Waals surface area contributed by atoms with Crippen molar-refractivity contribution in [3.8, 4) is 0 Å². The first-order chi connectivity index (χ1) is 10.1. The minimum Gasteiger partial charge on any atom is -0.370 e. The average molecular weight is 310 g/mol. The van der Waals surface area contributed by atoms with Crippen molar-refractivity contribution in [1.29, 1.82) is 0 Å². The third-order valence-corrected chi connectivity index (χ3v) is 4.18. The van der Waals surface area contributed by atoms with E-state index in [2.05, 4.69) is 30.2 Å². The second kappa shape index (κ2) is 7.14. The van der Waals surface area contributed by atoms with E-state index < -0.39 is 10.0 Å². The lowest BCUT2D eigenvalue weighted by atomic mass is 10.4. The van der Waals surface area contributed by atoms with Crippen LogP contribution < -0.4 is 10.0 Å². The zero-order chi connectivity index (χ0) is 15.1. The van der Waals surface area contributed by atoms with Crippen LogP contribution >= 0.6 is 0 Å². The lowest BCUT2D eigenvalue weighted by Gasteiger charge is -2.08. The van der Waals surface area contributed by atoms with Crippen LogP contribution in [0.4, 0.5) is 5.82 Å². The molecule has 2 aromatic rings. The molecule has 8 nitrogen and oxygen atoms in total. The zero-order valence-corrected chi connectivity index (χ0v) is 12.5. The van der Waals surface area contributed by atoms with Crippen molar-refractivity contribution in [1.82, 2.24) is 24.9 Å². The molecule has 21 heavy (non-hydrogen) atoms. The van der Waals surface area contributed by atoms with Gasteiger partial charge in [0.15, 0.2) is 0 Å². The number of nitrogens with one attached hydrogen (secondary N) is 3. The maximum absolute atomic E-state index is 12.2. The molecule has 0 spiro atoms. The van der Waals surface area contributed by atoms with Crippen molar-refractivity contribution < 1.29 is 8.42 Å². The molecule has 0 atom stereocenters. The van der Waals surface area contributed by atoms with Gasteiger partial charge in [-0.05, 0) is 12.5 Å². The monoisotopic (exact) mass is 310 g/mol. The Bertz CT molecular complexity index is 656. The maximum atomic E-state index is 12.2. The first kappa shape index (κ1) is 15.4. The van der Waals surface area contributed by atoms with Crippen LogP contribution in [0.2, 0.25) is 0 Å². The van der Waals surface area contributed by atoms with E-state index in [9.17, 15) is 8.42 Å². The molecule has 9 heteroatoms. The van der Waals surface area contributed by atoms with Crippen molar-refractivity contribution in [2.75, 3.05) is 18.4 Å². The number of pyridine rings is 1. The summed E-state index contributed by atoms with van der Waals surface area (Å²) in [7, 11) is -3.55. The lowest BCUT2D eigenvalue weighted by Crippen LogP contribution is -2.26. The summed E-state index contributed by atoms with van der Waals surface area (Å²) in [5, 5.41) is 9.44. The highest BCUT2D eigenvalue weighted by molar-refractivity contribution is 7.89. The first-order valence-electron chi connectivity index (χ1n) is 6.65. The highest BCUT2D eigenvalue weighted by Gasteiger charge is 2.14. The lowest BCUT2D eigenvalue weighted by molar-refractivity contribution is 0.580. The molecule has 3 N–H and O–H groups in total. The van der Waals surface area contributed by atoms with Gasteiger partial charge < -0.3 is 5.32 Å². The molecule has 0 fully saturated rings. The van der Waals surface area contributed by atoms with Crippen LogP contribution in [-0.4, -0.2) is 41.7 Å². The fourth-order valence-corrected chi connectivity index (χ4v) is 2.71. The summed E-state index contributed by atoms with van der Waals surface area (Å²) in [6, 6.07) is 2.99. The van der Waals surface area contributed by atoms with Gasteiger partial charge in [0.2, 0.25) is 10.0 Å². The van der Waals surface area contributed by atoms with Crippen molar-refractivity contribution in [3.63, 3.8) is 0 Å². The molecule has 0 bridgehead atoms. The van der Waals surface area contributed by atoms with E-state index in [4.69, 9.17) is 0 Å². The van der Waals surface area contributed by atoms with Gasteiger partial charge in [0.05, 0.1) is 4.90 Å². The summed E-state index contributed by atoms with van der Waals surface area (Å²) in [4.78, 5) is 8.21. The Kier molecular flexibility index (Phi) is 5.23. The third kappa shape index (κ3) is 4.50. The molecule has 0 unspecified atom stereocenters. The molecule has 0 radical (unpaired) electrons. The van der Waals surface area contributed by atoms with Gasteiger partial charge in [-0.1, -0.05) is 6.92 Å². The van der Waals surface area contributed by atoms with Gasteiger partial charge in [-0.25, -0.2) is 23.1 Å². The van der Waals surface area contributed by atoms with Gasteiger partial charge in [-0.15, -0.1) is 0 Å². The quantitative estimate of drug-likeness (QED) is 0.656. The number of hydrogen-bond donors (Lipinski definition) is 3. The number of aromatic nitrogens is 4. The van der Waals surface area contributed by atoms with Crippen LogP contribution in [0.15, 0.2) is 29.6 Å². The average Bonchev–Trinajstić information content (AvgIpc) is 2.98. The number of hydrogen-bond acceptors (Lipinski definition) is 6. The molecule has 2 rings (SSSR count). The Morgan fingerprint density at radius 1 is 1.29 bits per heavy atom. The predicted molar refractivity (Wildman–Crippen MR) is 78.3 cm³/mol. The number of aromatic amines is 1. The minimum absolute atomic E-state index is 0.189. The Balaban J connectivity index is 1.98. The van der Waals surface area contributed by atoms with Crippen LogP contribution in [-0.2, 0) is 16.4 Å². The van der Waals surface area contributed by atoms with E-state index in [1.54, 1.807) is 0 Å². The molecule has 0 aliphatic heterocycles. The second-order valence-electron chi connectivity index (χ2n) is 4.38. The second-order valence-corrected chi connectivity index (χ2v) is 6.15. The maximum Gasteiger partial charge on any atom is 0.240 e. The van der Waals surface area contributed by atoms with Crippen LogP contribution in [0.3, 0.4) is 0 Å². The SMILES string of the molecule is CCCNc1cc(S(=O)(=O)NCCc2ncn[nH]2)ccn1. The van der Waals surface area contributed by atoms with Crippen LogP contribution in [0.25, 0.3) is 0 Å². The predicted octanol–water partition coefficient (Wildman–Crippen LogP) is 0.543. The molecule has 0 aliphatic carbocycles. The highest BCUT2D eigenvalue weighted by Crippen LogP contribution is 2.12. The normalized spacial score (nSPS) is 11.5. The van der Waals surface area contributed by atoms with E-state index in [-0.39, 0.29) is 11.4 Å². The molecule has 0 saturated heterocycles. The Hall–Kier alpha value is -2.00. The van der Waals surface area contributed by atoms with E-state index in [0.717, 1.165) is 13.0 Å². The fourth-order valence-electron chi connectivity index (χ4n) is 1.67. The minimum atomic E-state index is -3.55. The van der Waals surface area contributed by atoms with Crippen molar-refractivity contribution >= 4 is 15.8 Å². The van der Waals surface area contributed by atoms with Crippen LogP contribution in [0, 0.1) is 0 Å². The molecular formula is C12H18N6O2S. The third-order valence-electron chi connectivity index (χ3n) is 2.72. The van der Waals surface area contributed by atoms with Gasteiger partial charge in [-0.3, -0.25) is 5.10 Å². The Morgan fingerprint density at radius 3 is 2.86 bits per heavy atom. The fraction of sp³-hybridized carbons (Fsp3) is 0.417. The van der Waals surface area contributed by atoms with E-state index in [1.807, 2.05) is 6.92 Å². The number of sulfonamides is 1. The molecule has 0 saturated carbocycles. The van der Waals surface area contributed by atoms with Crippen molar-refractivity contribution in [2.24, 2.45) is 0 Å².